The summed E-state index contributed by atoms with van der Waals surface area (Å²) in [5, 5.41) is 7.84. The minimum Gasteiger partial charge on any atom is -0.309 e. The predicted molar refractivity (Wildman–Crippen MR) is 360 cm³/mol. The Hall–Kier alpha value is -9.90. The van der Waals surface area contributed by atoms with Gasteiger partial charge in [-0.25, -0.2) is 0 Å². The van der Waals surface area contributed by atoms with Crippen LogP contribution in [0.15, 0.2) is 255 Å². The van der Waals surface area contributed by atoms with E-state index in [1.807, 2.05) is 0 Å². The zero-order valence-corrected chi connectivity index (χ0v) is 48.7. The van der Waals surface area contributed by atoms with Gasteiger partial charge < -0.3 is 13.7 Å². The Balaban J connectivity index is 0.796. The third-order valence-electron chi connectivity index (χ3n) is 20.6. The first-order chi connectivity index (χ1) is 41.5. The molecule has 0 bridgehead atoms. The molecule has 0 radical (unpaired) electrons. The van der Waals surface area contributed by atoms with Gasteiger partial charge in [-0.1, -0.05) is 240 Å². The summed E-state index contributed by atoms with van der Waals surface area (Å²) >= 11 is 0. The number of fused-ring (bicyclic) bond motifs is 21. The lowest BCUT2D eigenvalue weighted by Crippen LogP contribution is -2.52. The molecule has 402 valence electrons. The molecule has 0 amide bonds. The van der Waals surface area contributed by atoms with Gasteiger partial charge in [0, 0.05) is 65.6 Å². The van der Waals surface area contributed by atoms with Crippen molar-refractivity contribution in [2.45, 2.75) is 57.8 Å². The summed E-state index contributed by atoms with van der Waals surface area (Å²) in [6.07, 6.45) is 0. The van der Waals surface area contributed by atoms with Crippen molar-refractivity contribution < 1.29 is 0 Å². The van der Waals surface area contributed by atoms with Crippen LogP contribution in [0.5, 0.6) is 0 Å². The normalized spacial score (nSPS) is 14.8. The number of aromatic nitrogens is 3. The molecular weight excluding hydrogens is 1030 g/mol. The van der Waals surface area contributed by atoms with Crippen molar-refractivity contribution in [1.29, 1.82) is 0 Å². The lowest BCUT2D eigenvalue weighted by molar-refractivity contribution is 0.660. The van der Waals surface area contributed by atoms with E-state index in [4.69, 9.17) is 0 Å². The first-order valence-corrected chi connectivity index (χ1v) is 30.3. The van der Waals surface area contributed by atoms with E-state index in [0.29, 0.717) is 0 Å². The van der Waals surface area contributed by atoms with Crippen LogP contribution in [-0.2, 0) is 16.2 Å². The largest absolute Gasteiger partial charge is 0.309 e. The predicted octanol–water partition coefficient (Wildman–Crippen LogP) is 18.4. The highest BCUT2D eigenvalue weighted by Crippen LogP contribution is 2.56. The van der Waals surface area contributed by atoms with Crippen molar-refractivity contribution in [3.63, 3.8) is 0 Å². The number of hydrogen-bond donors (Lipinski definition) is 0. The van der Waals surface area contributed by atoms with E-state index in [2.05, 4.69) is 310 Å². The van der Waals surface area contributed by atoms with Gasteiger partial charge in [-0.05, 0) is 140 Å². The summed E-state index contributed by atoms with van der Waals surface area (Å²) in [7, 11) is 0. The van der Waals surface area contributed by atoms with Crippen LogP contribution in [0.1, 0.15) is 74.9 Å². The quantitative estimate of drug-likeness (QED) is 0.147. The van der Waals surface area contributed by atoms with Crippen LogP contribution in [0, 0.1) is 0 Å². The Kier molecular flexibility index (Phi) is 9.79. The van der Waals surface area contributed by atoms with Crippen LogP contribution < -0.4 is 16.4 Å². The van der Waals surface area contributed by atoms with Crippen molar-refractivity contribution in [3.8, 4) is 50.4 Å². The van der Waals surface area contributed by atoms with Crippen LogP contribution in [0.2, 0.25) is 0 Å². The van der Waals surface area contributed by atoms with Gasteiger partial charge in [0.2, 0.25) is 6.71 Å². The number of nitrogens with zero attached hydrogens (tertiary/aromatic N) is 3. The first-order valence-electron chi connectivity index (χ1n) is 30.3. The molecule has 0 atom stereocenters. The molecule has 4 heteroatoms. The standard InChI is InChI=1S/C81H60BN3/c1-79(2)61-25-13-7-19-55(61)73-64(79)43-46-70-76(73)58-22-10-16-28-67(58)83(70)52-37-31-49(32-38-52)82(50-33-39-53(40-34-50)84-68-29-17-11-23-59(68)77-71(84)47-44-65-74(77)56-20-8-14-26-62(56)80(65,3)4)51-35-41-54(42-36-51)85-69-30-18-12-24-60(69)78-72(85)48-45-66-75(78)57-21-9-15-27-63(57)81(66,5)6/h7-48H,1-6H3. The Bertz CT molecular complexity index is 4840. The molecule has 0 N–H and O–H groups in total. The van der Waals surface area contributed by atoms with E-state index in [0.717, 1.165) is 17.1 Å². The van der Waals surface area contributed by atoms with Crippen molar-refractivity contribution in [3.05, 3.63) is 288 Å². The number of hydrogen-bond acceptors (Lipinski definition) is 0. The SMILES string of the molecule is CC1(C)c2ccccc2-c2c1ccc1c2c2ccccc2n1-c1ccc(B(c2ccc(-n3c4ccccc4c4c5c(ccc43)C(C)(C)c3ccccc3-5)cc2)c2ccc(-n3c4ccccc4c4c5c(ccc43)C(C)(C)c3ccccc3-5)cc2)cc1. The molecule has 3 aliphatic carbocycles. The zero-order chi connectivity index (χ0) is 56.8. The maximum atomic E-state index is 2.49. The molecule has 0 saturated carbocycles. The second-order valence-corrected chi connectivity index (χ2v) is 25.9. The molecule has 3 heterocycles. The van der Waals surface area contributed by atoms with Gasteiger partial charge in [-0.15, -0.1) is 0 Å². The summed E-state index contributed by atoms with van der Waals surface area (Å²) < 4.78 is 7.47. The number of rotatable bonds is 6. The maximum absolute atomic E-state index is 2.49. The maximum Gasteiger partial charge on any atom is 0.241 e. The fourth-order valence-electron chi connectivity index (χ4n) is 16.6. The molecule has 3 aliphatic rings. The lowest BCUT2D eigenvalue weighted by Gasteiger charge is -2.21. The van der Waals surface area contributed by atoms with Gasteiger partial charge in [0.05, 0.1) is 33.1 Å². The monoisotopic (exact) mass is 1090 g/mol. The molecule has 85 heavy (non-hydrogen) atoms. The molecule has 15 aromatic rings. The van der Waals surface area contributed by atoms with E-state index < -0.39 is 0 Å². The second kappa shape index (κ2) is 17.1. The molecule has 0 saturated heterocycles. The topological polar surface area (TPSA) is 14.8 Å². The lowest BCUT2D eigenvalue weighted by atomic mass is 9.37. The van der Waals surface area contributed by atoms with Gasteiger partial charge in [0.15, 0.2) is 0 Å². The minimum absolute atomic E-state index is 0.0578. The van der Waals surface area contributed by atoms with E-state index in [1.165, 1.54) is 149 Å². The van der Waals surface area contributed by atoms with Crippen LogP contribution in [0.4, 0.5) is 0 Å². The van der Waals surface area contributed by atoms with Gasteiger partial charge >= 0.3 is 0 Å². The molecule has 18 rings (SSSR count). The molecule has 0 aliphatic heterocycles. The smallest absolute Gasteiger partial charge is 0.241 e. The van der Waals surface area contributed by atoms with Crippen LogP contribution in [0.3, 0.4) is 0 Å². The van der Waals surface area contributed by atoms with E-state index in [-0.39, 0.29) is 23.0 Å². The molecule has 0 unspecified atom stereocenters. The number of para-hydroxylation sites is 3. The highest BCUT2D eigenvalue weighted by atomic mass is 15.0. The van der Waals surface area contributed by atoms with Crippen molar-refractivity contribution in [2.75, 3.05) is 0 Å². The highest BCUT2D eigenvalue weighted by Gasteiger charge is 2.40. The minimum atomic E-state index is -0.0853. The van der Waals surface area contributed by atoms with Crippen LogP contribution in [-0.4, -0.2) is 20.4 Å². The van der Waals surface area contributed by atoms with E-state index in [9.17, 15) is 0 Å². The molecule has 12 aromatic carbocycles. The molecule has 3 nitrogen and oxygen atoms in total. The fourth-order valence-corrected chi connectivity index (χ4v) is 16.6. The molecule has 3 aromatic heterocycles. The van der Waals surface area contributed by atoms with Gasteiger partial charge in [-0.2, -0.15) is 0 Å². The molecular formula is C81H60BN3. The van der Waals surface area contributed by atoms with Crippen molar-refractivity contribution >= 4 is 88.5 Å². The summed E-state index contributed by atoms with van der Waals surface area (Å²) in [6, 6.07) is 96.8. The second-order valence-electron chi connectivity index (χ2n) is 25.9. The highest BCUT2D eigenvalue weighted by molar-refractivity contribution is 6.95. The van der Waals surface area contributed by atoms with Gasteiger partial charge in [0.1, 0.15) is 0 Å². The van der Waals surface area contributed by atoms with Crippen LogP contribution in [0.25, 0.3) is 116 Å². The van der Waals surface area contributed by atoms with E-state index in [1.54, 1.807) is 0 Å². The van der Waals surface area contributed by atoms with Gasteiger partial charge in [0.25, 0.3) is 0 Å². The summed E-state index contributed by atoms with van der Waals surface area (Å²) in [5.74, 6) is 0. The summed E-state index contributed by atoms with van der Waals surface area (Å²) in [6.45, 7) is 14.2. The Morgan fingerprint density at radius 1 is 0.235 bits per heavy atom. The van der Waals surface area contributed by atoms with Crippen LogP contribution >= 0.6 is 0 Å². The number of benzene rings is 12. The van der Waals surface area contributed by atoms with Crippen molar-refractivity contribution in [2.24, 2.45) is 0 Å². The van der Waals surface area contributed by atoms with Crippen molar-refractivity contribution in [1.82, 2.24) is 13.7 Å². The zero-order valence-electron chi connectivity index (χ0n) is 48.7. The van der Waals surface area contributed by atoms with E-state index >= 15 is 0 Å². The molecule has 0 spiro atoms. The Morgan fingerprint density at radius 3 is 0.788 bits per heavy atom. The first kappa shape index (κ1) is 48.6. The molecule has 0 fully saturated rings. The third-order valence-corrected chi connectivity index (χ3v) is 20.6. The summed E-state index contributed by atoms with van der Waals surface area (Å²) in [5.41, 5.74) is 30.8. The summed E-state index contributed by atoms with van der Waals surface area (Å²) in [4.78, 5) is 0. The third kappa shape index (κ3) is 6.41. The average molecular weight is 1090 g/mol. The fraction of sp³-hybridized carbons (Fsp3) is 0.111. The Morgan fingerprint density at radius 2 is 0.494 bits per heavy atom. The Labute approximate surface area is 495 Å². The van der Waals surface area contributed by atoms with Gasteiger partial charge in [-0.3, -0.25) is 0 Å². The average Bonchev–Trinajstić information content (AvgIpc) is 2.46.